The van der Waals surface area contributed by atoms with Crippen LogP contribution < -0.4 is 10.6 Å². The van der Waals surface area contributed by atoms with Crippen LogP contribution in [-0.2, 0) is 9.59 Å². The summed E-state index contributed by atoms with van der Waals surface area (Å²) < 4.78 is 0. The Morgan fingerprint density at radius 1 is 1.03 bits per heavy atom. The molecule has 2 aliphatic heterocycles. The number of carbonyl (C=O) groups is 3. The highest BCUT2D eigenvalue weighted by Gasteiger charge is 2.40. The maximum absolute atomic E-state index is 13.1. The van der Waals surface area contributed by atoms with Crippen molar-refractivity contribution in [3.8, 4) is 0 Å². The lowest BCUT2D eigenvalue weighted by Gasteiger charge is -2.34. The number of aryl methyl sites for hydroxylation is 1. The number of nitrogens with zero attached hydrogens (tertiary/aromatic N) is 2. The van der Waals surface area contributed by atoms with Gasteiger partial charge in [0.1, 0.15) is 0 Å². The van der Waals surface area contributed by atoms with Gasteiger partial charge in [0.05, 0.1) is 5.92 Å². The third-order valence-electron chi connectivity index (χ3n) is 6.96. The highest BCUT2D eigenvalue weighted by Crippen LogP contribution is 2.31. The van der Waals surface area contributed by atoms with E-state index < -0.39 is 0 Å². The van der Waals surface area contributed by atoms with Crippen molar-refractivity contribution < 1.29 is 14.4 Å². The summed E-state index contributed by atoms with van der Waals surface area (Å²) >= 11 is 0. The molecule has 1 aliphatic carbocycles. The van der Waals surface area contributed by atoms with E-state index in [0.717, 1.165) is 43.5 Å². The number of urea groups is 1. The maximum atomic E-state index is 13.1. The van der Waals surface area contributed by atoms with E-state index in [2.05, 4.69) is 10.6 Å². The first kappa shape index (κ1) is 21.7. The van der Waals surface area contributed by atoms with E-state index in [1.807, 2.05) is 41.0 Å². The van der Waals surface area contributed by atoms with Gasteiger partial charge in [-0.1, -0.05) is 30.5 Å². The summed E-state index contributed by atoms with van der Waals surface area (Å²) in [6.45, 7) is 4.53. The van der Waals surface area contributed by atoms with Crippen molar-refractivity contribution in [1.82, 2.24) is 15.1 Å². The molecular weight excluding hydrogens is 392 g/mol. The monoisotopic (exact) mass is 426 g/mol. The van der Waals surface area contributed by atoms with E-state index >= 15 is 0 Å². The van der Waals surface area contributed by atoms with E-state index in [1.54, 1.807) is 0 Å². The van der Waals surface area contributed by atoms with Crippen LogP contribution >= 0.6 is 0 Å². The average Bonchev–Trinajstić information content (AvgIpc) is 3.43. The van der Waals surface area contributed by atoms with Crippen LogP contribution in [0.3, 0.4) is 0 Å². The Morgan fingerprint density at radius 2 is 1.77 bits per heavy atom. The van der Waals surface area contributed by atoms with Crippen molar-refractivity contribution in [2.24, 2.45) is 11.8 Å². The summed E-state index contributed by atoms with van der Waals surface area (Å²) in [6, 6.07) is 7.81. The fourth-order valence-corrected chi connectivity index (χ4v) is 5.21. The second-order valence-electron chi connectivity index (χ2n) is 9.38. The zero-order valence-electron chi connectivity index (χ0n) is 18.4. The molecule has 0 radical (unpaired) electrons. The highest BCUT2D eigenvalue weighted by atomic mass is 16.2. The molecule has 1 aromatic rings. The maximum Gasteiger partial charge on any atom is 0.319 e. The fraction of sp³-hybridized carbons (Fsp3) is 0.625. The Balaban J connectivity index is 1.24. The van der Waals surface area contributed by atoms with Crippen molar-refractivity contribution in [3.05, 3.63) is 29.8 Å². The highest BCUT2D eigenvalue weighted by molar-refractivity contribution is 5.90. The van der Waals surface area contributed by atoms with Gasteiger partial charge in [0, 0.05) is 44.3 Å². The molecule has 2 unspecified atom stereocenters. The lowest BCUT2D eigenvalue weighted by atomic mass is 9.96. The molecule has 4 amide bonds. The van der Waals surface area contributed by atoms with Gasteiger partial charge in [-0.3, -0.25) is 9.59 Å². The number of carbonyl (C=O) groups excluding carboxylic acids is 3. The van der Waals surface area contributed by atoms with Crippen LogP contribution in [0.25, 0.3) is 0 Å². The molecule has 4 rings (SSSR count). The summed E-state index contributed by atoms with van der Waals surface area (Å²) in [5.41, 5.74) is 1.91. The minimum absolute atomic E-state index is 0.114. The van der Waals surface area contributed by atoms with Gasteiger partial charge < -0.3 is 20.4 Å². The van der Waals surface area contributed by atoms with Crippen LogP contribution in [-0.4, -0.2) is 59.9 Å². The smallest absolute Gasteiger partial charge is 0.319 e. The zero-order valence-corrected chi connectivity index (χ0v) is 18.4. The number of amides is 4. The molecule has 0 bridgehead atoms. The topological polar surface area (TPSA) is 81.8 Å². The van der Waals surface area contributed by atoms with Gasteiger partial charge in [-0.2, -0.15) is 0 Å². The van der Waals surface area contributed by atoms with E-state index in [0.29, 0.717) is 32.1 Å². The molecule has 168 valence electrons. The molecule has 1 saturated carbocycles. The van der Waals surface area contributed by atoms with E-state index in [9.17, 15) is 14.4 Å². The van der Waals surface area contributed by atoms with Crippen LogP contribution in [0.5, 0.6) is 0 Å². The first-order valence-electron chi connectivity index (χ1n) is 11.7. The van der Waals surface area contributed by atoms with Gasteiger partial charge in [0.2, 0.25) is 11.8 Å². The van der Waals surface area contributed by atoms with Gasteiger partial charge in [-0.25, -0.2) is 4.79 Å². The normalized spacial score (nSPS) is 24.5. The van der Waals surface area contributed by atoms with E-state index in [-0.39, 0.29) is 29.7 Å². The molecule has 7 nitrogen and oxygen atoms in total. The molecule has 3 fully saturated rings. The van der Waals surface area contributed by atoms with Crippen LogP contribution in [0.1, 0.15) is 50.5 Å². The first-order valence-corrected chi connectivity index (χ1v) is 11.7. The summed E-state index contributed by atoms with van der Waals surface area (Å²) in [5, 5.41) is 5.80. The predicted octanol–water partition coefficient (Wildman–Crippen LogP) is 3.15. The summed E-state index contributed by atoms with van der Waals surface area (Å²) in [4.78, 5) is 41.7. The summed E-state index contributed by atoms with van der Waals surface area (Å²) in [7, 11) is 0. The van der Waals surface area contributed by atoms with Crippen LogP contribution in [0, 0.1) is 18.8 Å². The van der Waals surface area contributed by atoms with Crippen LogP contribution in [0.4, 0.5) is 10.5 Å². The molecule has 0 aromatic heterocycles. The van der Waals surface area contributed by atoms with Crippen molar-refractivity contribution in [2.45, 2.75) is 57.9 Å². The van der Waals surface area contributed by atoms with Crippen molar-refractivity contribution in [3.63, 3.8) is 0 Å². The van der Waals surface area contributed by atoms with Gasteiger partial charge >= 0.3 is 6.03 Å². The Hall–Kier alpha value is -2.57. The third kappa shape index (κ3) is 5.38. The number of hydrogen-bond donors (Lipinski definition) is 2. The molecule has 2 heterocycles. The first-order chi connectivity index (χ1) is 15.0. The minimum atomic E-state index is -0.221. The molecule has 3 aliphatic rings. The Labute approximate surface area is 184 Å². The number of rotatable bonds is 5. The van der Waals surface area contributed by atoms with Crippen molar-refractivity contribution in [1.29, 1.82) is 0 Å². The fourth-order valence-electron chi connectivity index (χ4n) is 5.21. The summed E-state index contributed by atoms with van der Waals surface area (Å²) in [6.07, 6.45) is 6.81. The van der Waals surface area contributed by atoms with Crippen LogP contribution in [0.2, 0.25) is 0 Å². The second kappa shape index (κ2) is 9.71. The molecule has 7 heteroatoms. The Kier molecular flexibility index (Phi) is 6.78. The number of piperidine rings is 1. The molecule has 2 atom stereocenters. The molecule has 2 saturated heterocycles. The number of benzene rings is 1. The molecule has 1 aromatic carbocycles. The zero-order chi connectivity index (χ0) is 21.8. The van der Waals surface area contributed by atoms with Gasteiger partial charge in [0.25, 0.3) is 0 Å². The SMILES string of the molecule is Cc1ccc(NC(=O)NCC2CCCN(C(=O)C3CC(=O)N(C4CCCC4)C3)C2)cc1. The minimum Gasteiger partial charge on any atom is -0.342 e. The number of nitrogens with one attached hydrogen (secondary N) is 2. The quantitative estimate of drug-likeness (QED) is 0.759. The van der Waals surface area contributed by atoms with Gasteiger partial charge in [-0.15, -0.1) is 0 Å². The Bertz CT molecular complexity index is 804. The van der Waals surface area contributed by atoms with Gasteiger partial charge in [-0.05, 0) is 50.7 Å². The third-order valence-corrected chi connectivity index (χ3v) is 6.96. The summed E-state index contributed by atoms with van der Waals surface area (Å²) in [5.74, 6) is 0.296. The van der Waals surface area contributed by atoms with Gasteiger partial charge in [0.15, 0.2) is 0 Å². The van der Waals surface area contributed by atoms with Crippen molar-refractivity contribution in [2.75, 3.05) is 31.5 Å². The standard InChI is InChI=1S/C24H34N4O3/c1-17-8-10-20(11-9-17)26-24(31)25-14-18-5-4-12-27(15-18)23(30)19-13-22(29)28(16-19)21-6-2-3-7-21/h8-11,18-19,21H,2-7,12-16H2,1H3,(H2,25,26,31). The molecular formula is C24H34N4O3. The lowest BCUT2D eigenvalue weighted by Crippen LogP contribution is -2.46. The number of likely N-dealkylation sites (tertiary alicyclic amines) is 2. The predicted molar refractivity (Wildman–Crippen MR) is 120 cm³/mol. The second-order valence-corrected chi connectivity index (χ2v) is 9.38. The van der Waals surface area contributed by atoms with E-state index in [4.69, 9.17) is 0 Å². The molecule has 31 heavy (non-hydrogen) atoms. The molecule has 0 spiro atoms. The van der Waals surface area contributed by atoms with E-state index in [1.165, 1.54) is 12.8 Å². The Morgan fingerprint density at radius 3 is 2.52 bits per heavy atom. The molecule has 2 N–H and O–H groups in total. The average molecular weight is 427 g/mol. The number of hydrogen-bond acceptors (Lipinski definition) is 3. The van der Waals surface area contributed by atoms with Crippen LogP contribution in [0.15, 0.2) is 24.3 Å². The number of anilines is 1. The van der Waals surface area contributed by atoms with Crippen molar-refractivity contribution >= 4 is 23.5 Å². The largest absolute Gasteiger partial charge is 0.342 e. The lowest BCUT2D eigenvalue weighted by molar-refractivity contribution is -0.137.